The first kappa shape index (κ1) is 8.22. The number of carbonyl (C=O) groups is 1. The number of aromatic nitrogens is 2. The minimum absolute atomic E-state index is 0.117. The van der Waals surface area contributed by atoms with Crippen molar-refractivity contribution in [3.63, 3.8) is 0 Å². The number of halogens is 1. The molecule has 0 unspecified atom stereocenters. The quantitative estimate of drug-likeness (QED) is 0.672. The van der Waals surface area contributed by atoms with Crippen LogP contribution in [0.25, 0.3) is 0 Å². The van der Waals surface area contributed by atoms with Crippen molar-refractivity contribution in [1.29, 1.82) is 0 Å². The van der Waals surface area contributed by atoms with Crippen LogP contribution in [0.4, 0.5) is 0 Å². The lowest BCUT2D eigenvalue weighted by atomic mass is 10.4. The van der Waals surface area contributed by atoms with Gasteiger partial charge in [-0.15, -0.1) is 0 Å². The molecule has 0 fully saturated rings. The van der Waals surface area contributed by atoms with Gasteiger partial charge in [0, 0.05) is 0 Å². The monoisotopic (exact) mass is 220 g/mol. The maximum absolute atomic E-state index is 10.4. The molecule has 0 saturated carbocycles. The van der Waals surface area contributed by atoms with Crippen LogP contribution in [-0.4, -0.2) is 26.4 Å². The number of carboxylic acids is 1. The molecule has 0 spiro atoms. The summed E-state index contributed by atoms with van der Waals surface area (Å²) in [4.78, 5) is 10.4. The van der Waals surface area contributed by atoms with Gasteiger partial charge in [-0.2, -0.15) is 5.10 Å². The zero-order valence-electron chi connectivity index (χ0n) is 5.33. The molecule has 0 bridgehead atoms. The number of aliphatic hydroxyl groups is 1. The van der Waals surface area contributed by atoms with E-state index in [0.717, 1.165) is 0 Å². The molecule has 60 valence electrons. The van der Waals surface area contributed by atoms with Crippen molar-refractivity contribution in [1.82, 2.24) is 10.2 Å². The van der Waals surface area contributed by atoms with E-state index in [1.165, 1.54) is 0 Å². The van der Waals surface area contributed by atoms with Crippen LogP contribution in [0.15, 0.2) is 4.47 Å². The van der Waals surface area contributed by atoms with Crippen LogP contribution in [0.2, 0.25) is 0 Å². The average molecular weight is 221 g/mol. The Hall–Kier alpha value is -0.880. The van der Waals surface area contributed by atoms with Crippen molar-refractivity contribution in [3.05, 3.63) is 15.9 Å². The highest BCUT2D eigenvalue weighted by Gasteiger charge is 2.15. The Morgan fingerprint density at radius 2 is 2.36 bits per heavy atom. The minimum atomic E-state index is -1.13. The Bertz CT molecular complexity index is 283. The summed E-state index contributed by atoms with van der Waals surface area (Å²) in [5.41, 5.74) is 0.247. The summed E-state index contributed by atoms with van der Waals surface area (Å²) < 4.78 is 0.299. The van der Waals surface area contributed by atoms with Gasteiger partial charge in [-0.3, -0.25) is 5.10 Å². The molecule has 5 nitrogen and oxygen atoms in total. The second-order valence-corrected chi connectivity index (χ2v) is 2.62. The Kier molecular flexibility index (Phi) is 2.25. The molecule has 0 aliphatic heterocycles. The molecular weight excluding hydrogens is 216 g/mol. The third-order valence-corrected chi connectivity index (χ3v) is 1.99. The second kappa shape index (κ2) is 3.02. The van der Waals surface area contributed by atoms with Gasteiger partial charge in [-0.25, -0.2) is 4.79 Å². The van der Waals surface area contributed by atoms with Crippen molar-refractivity contribution >= 4 is 21.9 Å². The maximum Gasteiger partial charge on any atom is 0.357 e. The van der Waals surface area contributed by atoms with Crippen LogP contribution in [0.5, 0.6) is 0 Å². The van der Waals surface area contributed by atoms with Crippen molar-refractivity contribution in [2.45, 2.75) is 6.61 Å². The molecule has 0 saturated heterocycles. The summed E-state index contributed by atoms with van der Waals surface area (Å²) in [6.45, 7) is -0.263. The fourth-order valence-electron chi connectivity index (χ4n) is 0.611. The lowest BCUT2D eigenvalue weighted by Crippen LogP contribution is -1.97. The van der Waals surface area contributed by atoms with Gasteiger partial charge < -0.3 is 10.2 Å². The smallest absolute Gasteiger partial charge is 0.357 e. The molecule has 0 amide bonds. The SMILES string of the molecule is O=C(O)c1n[nH]c(CO)c1Br. The number of aromatic carboxylic acids is 1. The first-order chi connectivity index (χ1) is 5.16. The van der Waals surface area contributed by atoms with E-state index in [2.05, 4.69) is 26.1 Å². The normalized spacial score (nSPS) is 10.0. The molecule has 11 heavy (non-hydrogen) atoms. The van der Waals surface area contributed by atoms with Gasteiger partial charge in [-0.05, 0) is 15.9 Å². The van der Waals surface area contributed by atoms with E-state index in [-0.39, 0.29) is 12.3 Å². The number of hydrogen-bond acceptors (Lipinski definition) is 3. The average Bonchev–Trinajstić information content (AvgIpc) is 2.30. The largest absolute Gasteiger partial charge is 0.476 e. The van der Waals surface area contributed by atoms with E-state index in [1.807, 2.05) is 0 Å². The third kappa shape index (κ3) is 1.41. The van der Waals surface area contributed by atoms with Crippen LogP contribution >= 0.6 is 15.9 Å². The lowest BCUT2D eigenvalue weighted by molar-refractivity contribution is 0.0689. The highest BCUT2D eigenvalue weighted by molar-refractivity contribution is 9.10. The topological polar surface area (TPSA) is 86.2 Å². The first-order valence-electron chi connectivity index (χ1n) is 2.73. The number of rotatable bonds is 2. The van der Waals surface area contributed by atoms with Crippen LogP contribution in [0.1, 0.15) is 16.2 Å². The number of aromatic amines is 1. The number of nitrogens with zero attached hydrogens (tertiary/aromatic N) is 1. The zero-order valence-corrected chi connectivity index (χ0v) is 6.92. The van der Waals surface area contributed by atoms with Crippen molar-refractivity contribution < 1.29 is 15.0 Å². The number of H-pyrrole nitrogens is 1. The highest BCUT2D eigenvalue weighted by atomic mass is 79.9. The molecule has 0 aliphatic carbocycles. The Morgan fingerprint density at radius 1 is 1.73 bits per heavy atom. The summed E-state index contributed by atoms with van der Waals surface area (Å²) >= 11 is 2.98. The van der Waals surface area contributed by atoms with E-state index >= 15 is 0 Å². The van der Waals surface area contributed by atoms with E-state index in [0.29, 0.717) is 10.2 Å². The summed E-state index contributed by atoms with van der Waals surface area (Å²) in [6, 6.07) is 0. The molecule has 1 rings (SSSR count). The zero-order chi connectivity index (χ0) is 8.43. The number of carboxylic acid groups (broad SMARTS) is 1. The maximum atomic E-state index is 10.4. The molecule has 1 aromatic rings. The molecule has 1 heterocycles. The lowest BCUT2D eigenvalue weighted by Gasteiger charge is -1.88. The Labute approximate surface area is 70.2 Å². The van der Waals surface area contributed by atoms with Crippen molar-refractivity contribution in [2.75, 3.05) is 0 Å². The Balaban J connectivity index is 3.10. The standard InChI is InChI=1S/C5H5BrN2O3/c6-3-2(1-9)7-8-4(3)5(10)11/h9H,1H2,(H,7,8)(H,10,11). The van der Waals surface area contributed by atoms with E-state index in [9.17, 15) is 4.79 Å². The summed E-state index contributed by atoms with van der Waals surface area (Å²) in [7, 11) is 0. The summed E-state index contributed by atoms with van der Waals surface area (Å²) in [6.07, 6.45) is 0. The summed E-state index contributed by atoms with van der Waals surface area (Å²) in [5.74, 6) is -1.13. The van der Waals surface area contributed by atoms with Gasteiger partial charge in [0.1, 0.15) is 0 Å². The van der Waals surface area contributed by atoms with E-state index in [1.54, 1.807) is 0 Å². The molecule has 3 N–H and O–H groups in total. The predicted octanol–water partition coefficient (Wildman–Crippen LogP) is 0.363. The molecule has 0 aliphatic rings. The van der Waals surface area contributed by atoms with Gasteiger partial charge in [0.2, 0.25) is 0 Å². The van der Waals surface area contributed by atoms with Gasteiger partial charge >= 0.3 is 5.97 Å². The van der Waals surface area contributed by atoms with Gasteiger partial charge in [0.05, 0.1) is 16.8 Å². The van der Waals surface area contributed by atoms with Crippen molar-refractivity contribution in [3.8, 4) is 0 Å². The summed E-state index contributed by atoms with van der Waals surface area (Å²) in [5, 5.41) is 22.9. The predicted molar refractivity (Wildman–Crippen MR) is 39.2 cm³/mol. The molecule has 6 heteroatoms. The van der Waals surface area contributed by atoms with Gasteiger partial charge in [0.25, 0.3) is 0 Å². The minimum Gasteiger partial charge on any atom is -0.476 e. The molecule has 0 aromatic carbocycles. The highest BCUT2D eigenvalue weighted by Crippen LogP contribution is 2.18. The van der Waals surface area contributed by atoms with Gasteiger partial charge in [-0.1, -0.05) is 0 Å². The molecule has 1 aromatic heterocycles. The van der Waals surface area contributed by atoms with Crippen LogP contribution in [-0.2, 0) is 6.61 Å². The van der Waals surface area contributed by atoms with Crippen LogP contribution in [0.3, 0.4) is 0 Å². The Morgan fingerprint density at radius 3 is 2.64 bits per heavy atom. The number of hydrogen-bond donors (Lipinski definition) is 3. The van der Waals surface area contributed by atoms with Crippen molar-refractivity contribution in [2.24, 2.45) is 0 Å². The third-order valence-electron chi connectivity index (χ3n) is 1.14. The molecular formula is C5H5BrN2O3. The van der Waals surface area contributed by atoms with Gasteiger partial charge in [0.15, 0.2) is 5.69 Å². The number of nitrogens with one attached hydrogen (secondary N) is 1. The first-order valence-corrected chi connectivity index (χ1v) is 3.53. The second-order valence-electron chi connectivity index (χ2n) is 1.83. The van der Waals surface area contributed by atoms with Crippen LogP contribution in [0, 0.1) is 0 Å². The fourth-order valence-corrected chi connectivity index (χ4v) is 1.08. The fraction of sp³-hybridized carbons (Fsp3) is 0.200. The molecule has 0 radical (unpaired) electrons. The van der Waals surface area contributed by atoms with E-state index in [4.69, 9.17) is 10.2 Å². The number of aliphatic hydroxyl groups excluding tert-OH is 1. The molecule has 0 atom stereocenters. The van der Waals surface area contributed by atoms with Crippen LogP contribution < -0.4 is 0 Å². The van der Waals surface area contributed by atoms with E-state index < -0.39 is 5.97 Å².